The first-order valence-electron chi connectivity index (χ1n) is 7.70. The highest BCUT2D eigenvalue weighted by Gasteiger charge is 2.33. The predicted octanol–water partition coefficient (Wildman–Crippen LogP) is 2.03. The summed E-state index contributed by atoms with van der Waals surface area (Å²) in [7, 11) is 0. The Labute approximate surface area is 125 Å². The molecule has 3 rings (SSSR count). The Hall–Kier alpha value is -1.75. The van der Waals surface area contributed by atoms with Crippen LogP contribution in [0.3, 0.4) is 0 Å². The lowest BCUT2D eigenvalue weighted by molar-refractivity contribution is 0.0697. The summed E-state index contributed by atoms with van der Waals surface area (Å²) in [5.74, 6) is -0.903. The first kappa shape index (κ1) is 14.2. The topological polar surface area (TPSA) is 69.8 Å². The van der Waals surface area contributed by atoms with E-state index in [1.165, 1.54) is 25.8 Å². The summed E-state index contributed by atoms with van der Waals surface area (Å²) < 4.78 is 0. The van der Waals surface area contributed by atoms with Crippen LogP contribution in [0, 0.1) is 0 Å². The van der Waals surface area contributed by atoms with E-state index in [1.807, 2.05) is 0 Å². The van der Waals surface area contributed by atoms with Crippen molar-refractivity contribution >= 4 is 17.3 Å². The number of benzene rings is 1. The van der Waals surface area contributed by atoms with Gasteiger partial charge in [-0.2, -0.15) is 0 Å². The molecule has 2 fully saturated rings. The van der Waals surface area contributed by atoms with Gasteiger partial charge in [0.05, 0.1) is 16.9 Å². The first-order valence-corrected chi connectivity index (χ1v) is 7.70. The van der Waals surface area contributed by atoms with Gasteiger partial charge in [-0.15, -0.1) is 0 Å². The highest BCUT2D eigenvalue weighted by atomic mass is 16.4. The van der Waals surface area contributed by atoms with E-state index in [4.69, 9.17) is 5.73 Å². The van der Waals surface area contributed by atoms with Crippen LogP contribution in [0.4, 0.5) is 11.4 Å². The number of nitrogens with two attached hydrogens (primary N) is 1. The number of nitrogens with zero attached hydrogens (tertiary/aromatic N) is 2. The fourth-order valence-corrected chi connectivity index (χ4v) is 3.61. The summed E-state index contributed by atoms with van der Waals surface area (Å²) in [5.41, 5.74) is 7.94. The van der Waals surface area contributed by atoms with Crippen molar-refractivity contribution in [3.05, 3.63) is 23.8 Å². The Bertz CT molecular complexity index is 546. The molecule has 0 spiro atoms. The molecule has 0 aromatic heterocycles. The van der Waals surface area contributed by atoms with E-state index in [2.05, 4.69) is 16.7 Å². The number of nitrogen functional groups attached to an aromatic ring is 1. The summed E-state index contributed by atoms with van der Waals surface area (Å²) in [6.07, 6.45) is 3.80. The van der Waals surface area contributed by atoms with Gasteiger partial charge in [0.25, 0.3) is 0 Å². The number of piperazine rings is 1. The van der Waals surface area contributed by atoms with Crippen LogP contribution in [0.15, 0.2) is 18.2 Å². The van der Waals surface area contributed by atoms with E-state index in [-0.39, 0.29) is 0 Å². The van der Waals surface area contributed by atoms with Gasteiger partial charge in [-0.25, -0.2) is 4.79 Å². The molecule has 0 radical (unpaired) electrons. The minimum absolute atomic E-state index is 0.303. The standard InChI is InChI=1S/C16H23N3O2/c1-11-9-18-7-3-2-4-13(18)10-19(11)15-8-12(16(20)21)5-6-14(15)17/h5-6,8,11,13H,2-4,7,9-10,17H2,1H3,(H,20,21). The quantitative estimate of drug-likeness (QED) is 0.815. The van der Waals surface area contributed by atoms with Crippen molar-refractivity contribution in [1.82, 2.24) is 4.90 Å². The van der Waals surface area contributed by atoms with Crippen LogP contribution in [-0.2, 0) is 0 Å². The average Bonchev–Trinajstić information content (AvgIpc) is 2.47. The van der Waals surface area contributed by atoms with Crippen LogP contribution in [0.1, 0.15) is 36.5 Å². The Morgan fingerprint density at radius 3 is 2.90 bits per heavy atom. The number of hydrogen-bond donors (Lipinski definition) is 2. The molecule has 1 aromatic carbocycles. The molecule has 5 heteroatoms. The monoisotopic (exact) mass is 289 g/mol. The molecule has 114 valence electrons. The summed E-state index contributed by atoms with van der Waals surface area (Å²) in [6, 6.07) is 5.92. The number of aromatic carboxylic acids is 1. The lowest BCUT2D eigenvalue weighted by Crippen LogP contribution is -2.59. The van der Waals surface area contributed by atoms with Crippen molar-refractivity contribution in [2.75, 3.05) is 30.3 Å². The normalized spacial score (nSPS) is 26.4. The third kappa shape index (κ3) is 2.70. The molecule has 1 aromatic rings. The van der Waals surface area contributed by atoms with Crippen molar-refractivity contribution in [3.63, 3.8) is 0 Å². The van der Waals surface area contributed by atoms with E-state index in [9.17, 15) is 9.90 Å². The second-order valence-electron chi connectivity index (χ2n) is 6.22. The Morgan fingerprint density at radius 2 is 2.14 bits per heavy atom. The first-order chi connectivity index (χ1) is 10.1. The van der Waals surface area contributed by atoms with Gasteiger partial charge < -0.3 is 15.7 Å². The molecule has 0 amide bonds. The van der Waals surface area contributed by atoms with Gasteiger partial charge in [0.15, 0.2) is 0 Å². The molecule has 21 heavy (non-hydrogen) atoms. The predicted molar refractivity (Wildman–Crippen MR) is 83.8 cm³/mol. The maximum absolute atomic E-state index is 11.2. The smallest absolute Gasteiger partial charge is 0.335 e. The van der Waals surface area contributed by atoms with Crippen molar-refractivity contribution in [2.45, 2.75) is 38.3 Å². The Kier molecular flexibility index (Phi) is 3.76. The SMILES string of the molecule is CC1CN2CCCCC2CN1c1cc(C(=O)O)ccc1N. The Morgan fingerprint density at radius 1 is 1.33 bits per heavy atom. The zero-order valence-corrected chi connectivity index (χ0v) is 12.5. The Balaban J connectivity index is 1.88. The van der Waals surface area contributed by atoms with Gasteiger partial charge in [-0.05, 0) is 44.5 Å². The highest BCUT2D eigenvalue weighted by molar-refractivity contribution is 5.90. The van der Waals surface area contributed by atoms with Crippen molar-refractivity contribution in [2.24, 2.45) is 0 Å². The third-order valence-corrected chi connectivity index (χ3v) is 4.77. The molecule has 2 atom stereocenters. The van der Waals surface area contributed by atoms with Crippen molar-refractivity contribution in [1.29, 1.82) is 0 Å². The fourth-order valence-electron chi connectivity index (χ4n) is 3.61. The van der Waals surface area contributed by atoms with Crippen LogP contribution in [0.5, 0.6) is 0 Å². The molecular formula is C16H23N3O2. The average molecular weight is 289 g/mol. The molecule has 3 N–H and O–H groups in total. The maximum atomic E-state index is 11.2. The lowest BCUT2D eigenvalue weighted by Gasteiger charge is -2.48. The number of carboxylic acid groups (broad SMARTS) is 1. The number of rotatable bonds is 2. The maximum Gasteiger partial charge on any atom is 0.335 e. The number of anilines is 2. The van der Waals surface area contributed by atoms with Crippen molar-refractivity contribution < 1.29 is 9.90 Å². The minimum Gasteiger partial charge on any atom is -0.478 e. The molecule has 2 heterocycles. The molecule has 0 aliphatic carbocycles. The highest BCUT2D eigenvalue weighted by Crippen LogP contribution is 2.32. The van der Waals surface area contributed by atoms with Gasteiger partial charge >= 0.3 is 5.97 Å². The second kappa shape index (κ2) is 5.56. The molecule has 2 aliphatic heterocycles. The summed E-state index contributed by atoms with van der Waals surface area (Å²) >= 11 is 0. The van der Waals surface area contributed by atoms with Gasteiger partial charge in [0.2, 0.25) is 0 Å². The largest absolute Gasteiger partial charge is 0.478 e. The zero-order chi connectivity index (χ0) is 15.0. The molecule has 2 saturated heterocycles. The number of carboxylic acids is 1. The molecular weight excluding hydrogens is 266 g/mol. The van der Waals surface area contributed by atoms with Crippen LogP contribution >= 0.6 is 0 Å². The molecule has 5 nitrogen and oxygen atoms in total. The van der Waals surface area contributed by atoms with Gasteiger partial charge in [-0.3, -0.25) is 4.90 Å². The van der Waals surface area contributed by atoms with E-state index in [0.29, 0.717) is 23.3 Å². The summed E-state index contributed by atoms with van der Waals surface area (Å²) in [4.78, 5) is 16.0. The lowest BCUT2D eigenvalue weighted by atomic mass is 9.96. The van der Waals surface area contributed by atoms with Crippen LogP contribution < -0.4 is 10.6 Å². The number of carbonyl (C=O) groups is 1. The van der Waals surface area contributed by atoms with E-state index >= 15 is 0 Å². The fraction of sp³-hybridized carbons (Fsp3) is 0.562. The minimum atomic E-state index is -0.903. The van der Waals surface area contributed by atoms with Gasteiger partial charge in [-0.1, -0.05) is 6.42 Å². The van der Waals surface area contributed by atoms with Gasteiger partial charge in [0, 0.05) is 25.2 Å². The number of hydrogen-bond acceptors (Lipinski definition) is 4. The molecule has 2 unspecified atom stereocenters. The summed E-state index contributed by atoms with van der Waals surface area (Å²) in [6.45, 7) is 5.35. The third-order valence-electron chi connectivity index (χ3n) is 4.77. The second-order valence-corrected chi connectivity index (χ2v) is 6.22. The summed E-state index contributed by atoms with van der Waals surface area (Å²) in [5, 5.41) is 9.18. The molecule has 0 saturated carbocycles. The molecule has 2 aliphatic rings. The van der Waals surface area contributed by atoms with Crippen LogP contribution in [0.2, 0.25) is 0 Å². The zero-order valence-electron chi connectivity index (χ0n) is 12.5. The number of piperidine rings is 1. The van der Waals surface area contributed by atoms with Gasteiger partial charge in [0.1, 0.15) is 0 Å². The van der Waals surface area contributed by atoms with E-state index < -0.39 is 5.97 Å². The van der Waals surface area contributed by atoms with E-state index in [0.717, 1.165) is 18.8 Å². The van der Waals surface area contributed by atoms with Crippen LogP contribution in [0.25, 0.3) is 0 Å². The molecule has 0 bridgehead atoms. The number of fused-ring (bicyclic) bond motifs is 1. The van der Waals surface area contributed by atoms with Crippen LogP contribution in [-0.4, -0.2) is 47.7 Å². The van der Waals surface area contributed by atoms with E-state index in [1.54, 1.807) is 18.2 Å². The van der Waals surface area contributed by atoms with Crippen molar-refractivity contribution in [3.8, 4) is 0 Å².